The van der Waals surface area contributed by atoms with E-state index in [4.69, 9.17) is 0 Å². The number of aromatic nitrogens is 2. The second-order valence-corrected chi connectivity index (χ2v) is 4.31. The van der Waals surface area contributed by atoms with Gasteiger partial charge in [-0.15, -0.1) is 0 Å². The Morgan fingerprint density at radius 1 is 1.30 bits per heavy atom. The van der Waals surface area contributed by atoms with E-state index in [1.807, 2.05) is 30.3 Å². The molecule has 0 aliphatic heterocycles. The molecular formula is C14H16N4O2. The molecule has 3 N–H and O–H groups in total. The predicted molar refractivity (Wildman–Crippen MR) is 73.4 cm³/mol. The molecular weight excluding hydrogens is 256 g/mol. The standard InChI is InChI=1S/C14H16N4O2/c1-10(19)18-12(13-15-7-8-16-13)14(20)17-9-11-5-3-2-4-6-11/h2-8,12H,9H2,1H3,(H,15,16)(H,17,20)(H,18,19)/t12-/m1/s1. The fourth-order valence-corrected chi connectivity index (χ4v) is 1.78. The van der Waals surface area contributed by atoms with Gasteiger partial charge in [0.15, 0.2) is 6.04 Å². The Kier molecular flexibility index (Phi) is 4.49. The molecule has 1 atom stereocenters. The van der Waals surface area contributed by atoms with Crippen molar-refractivity contribution in [3.05, 3.63) is 54.1 Å². The van der Waals surface area contributed by atoms with Crippen LogP contribution in [-0.2, 0) is 16.1 Å². The molecule has 2 amide bonds. The summed E-state index contributed by atoms with van der Waals surface area (Å²) in [6.45, 7) is 1.76. The largest absolute Gasteiger partial charge is 0.350 e. The fraction of sp³-hybridized carbons (Fsp3) is 0.214. The summed E-state index contributed by atoms with van der Waals surface area (Å²) in [6.07, 6.45) is 3.14. The monoisotopic (exact) mass is 272 g/mol. The molecule has 6 nitrogen and oxygen atoms in total. The van der Waals surface area contributed by atoms with Gasteiger partial charge in [0.1, 0.15) is 5.82 Å². The van der Waals surface area contributed by atoms with Crippen LogP contribution in [0.4, 0.5) is 0 Å². The first-order valence-electron chi connectivity index (χ1n) is 6.25. The van der Waals surface area contributed by atoms with Crippen LogP contribution in [0.1, 0.15) is 24.4 Å². The summed E-state index contributed by atoms with van der Waals surface area (Å²) in [5, 5.41) is 5.35. The van der Waals surface area contributed by atoms with Crippen molar-refractivity contribution in [1.29, 1.82) is 0 Å². The van der Waals surface area contributed by atoms with Crippen LogP contribution in [0.25, 0.3) is 0 Å². The third-order valence-corrected chi connectivity index (χ3v) is 2.71. The van der Waals surface area contributed by atoms with Crippen molar-refractivity contribution < 1.29 is 9.59 Å². The highest BCUT2D eigenvalue weighted by atomic mass is 16.2. The summed E-state index contributed by atoms with van der Waals surface area (Å²) in [5.41, 5.74) is 0.988. The molecule has 0 unspecified atom stereocenters. The van der Waals surface area contributed by atoms with Gasteiger partial charge in [-0.2, -0.15) is 0 Å². The average molecular weight is 272 g/mol. The lowest BCUT2D eigenvalue weighted by Crippen LogP contribution is -2.39. The Bertz CT molecular complexity index is 566. The third kappa shape index (κ3) is 3.68. The van der Waals surface area contributed by atoms with Crippen molar-refractivity contribution in [2.45, 2.75) is 19.5 Å². The van der Waals surface area contributed by atoms with Gasteiger partial charge in [0.05, 0.1) is 0 Å². The number of amides is 2. The van der Waals surface area contributed by atoms with E-state index in [0.29, 0.717) is 12.4 Å². The van der Waals surface area contributed by atoms with Crippen LogP contribution in [0.5, 0.6) is 0 Å². The quantitative estimate of drug-likeness (QED) is 0.756. The molecule has 0 saturated heterocycles. The van der Waals surface area contributed by atoms with Crippen LogP contribution < -0.4 is 10.6 Å². The van der Waals surface area contributed by atoms with Crippen molar-refractivity contribution in [3.63, 3.8) is 0 Å². The zero-order valence-electron chi connectivity index (χ0n) is 11.1. The molecule has 2 rings (SSSR count). The normalized spacial score (nSPS) is 11.7. The average Bonchev–Trinajstić information content (AvgIpc) is 2.97. The lowest BCUT2D eigenvalue weighted by Gasteiger charge is -2.15. The molecule has 0 bridgehead atoms. The van der Waals surface area contributed by atoms with Gasteiger partial charge in [-0.25, -0.2) is 4.98 Å². The number of hydrogen-bond donors (Lipinski definition) is 3. The van der Waals surface area contributed by atoms with Crippen LogP contribution in [0.3, 0.4) is 0 Å². The first-order valence-corrected chi connectivity index (χ1v) is 6.25. The van der Waals surface area contributed by atoms with Crippen LogP contribution >= 0.6 is 0 Å². The number of nitrogens with zero attached hydrogens (tertiary/aromatic N) is 1. The van der Waals surface area contributed by atoms with Gasteiger partial charge in [0.2, 0.25) is 5.91 Å². The number of aromatic amines is 1. The van der Waals surface area contributed by atoms with Crippen molar-refractivity contribution in [1.82, 2.24) is 20.6 Å². The van der Waals surface area contributed by atoms with Crippen LogP contribution in [-0.4, -0.2) is 21.8 Å². The van der Waals surface area contributed by atoms with Crippen LogP contribution in [0.15, 0.2) is 42.7 Å². The van der Waals surface area contributed by atoms with Crippen LogP contribution in [0.2, 0.25) is 0 Å². The van der Waals surface area contributed by atoms with Crippen molar-refractivity contribution in [3.8, 4) is 0 Å². The third-order valence-electron chi connectivity index (χ3n) is 2.71. The number of imidazole rings is 1. The number of nitrogens with one attached hydrogen (secondary N) is 3. The Labute approximate surface area is 116 Å². The number of rotatable bonds is 5. The summed E-state index contributed by atoms with van der Waals surface area (Å²) in [5.74, 6) is -0.189. The molecule has 0 radical (unpaired) electrons. The number of carbonyl (C=O) groups is 2. The molecule has 0 saturated carbocycles. The number of H-pyrrole nitrogens is 1. The van der Waals surface area contributed by atoms with Gasteiger partial charge in [-0.1, -0.05) is 30.3 Å². The second kappa shape index (κ2) is 6.51. The minimum atomic E-state index is -0.814. The molecule has 104 valence electrons. The van der Waals surface area contributed by atoms with Crippen molar-refractivity contribution >= 4 is 11.8 Å². The van der Waals surface area contributed by atoms with E-state index in [0.717, 1.165) is 5.56 Å². The maximum atomic E-state index is 12.2. The van der Waals surface area contributed by atoms with E-state index in [-0.39, 0.29) is 11.8 Å². The summed E-state index contributed by atoms with van der Waals surface area (Å²) in [4.78, 5) is 30.2. The predicted octanol–water partition coefficient (Wildman–Crippen LogP) is 0.903. The highest BCUT2D eigenvalue weighted by molar-refractivity contribution is 5.87. The lowest BCUT2D eigenvalue weighted by molar-refractivity contribution is -0.128. The Morgan fingerprint density at radius 3 is 2.65 bits per heavy atom. The zero-order valence-corrected chi connectivity index (χ0v) is 11.1. The van der Waals surface area contributed by atoms with E-state index in [2.05, 4.69) is 20.6 Å². The van der Waals surface area contributed by atoms with Gasteiger partial charge in [-0.3, -0.25) is 9.59 Å². The fourth-order valence-electron chi connectivity index (χ4n) is 1.78. The van der Waals surface area contributed by atoms with E-state index < -0.39 is 6.04 Å². The first kappa shape index (κ1) is 13.8. The summed E-state index contributed by atoms with van der Waals surface area (Å²) >= 11 is 0. The molecule has 20 heavy (non-hydrogen) atoms. The maximum Gasteiger partial charge on any atom is 0.250 e. The molecule has 0 aliphatic rings. The molecule has 2 aromatic rings. The molecule has 1 aromatic heterocycles. The number of benzene rings is 1. The van der Waals surface area contributed by atoms with Gasteiger partial charge in [-0.05, 0) is 5.56 Å². The van der Waals surface area contributed by atoms with Crippen molar-refractivity contribution in [2.24, 2.45) is 0 Å². The Hall–Kier alpha value is -2.63. The smallest absolute Gasteiger partial charge is 0.250 e. The van der Waals surface area contributed by atoms with Crippen molar-refractivity contribution in [2.75, 3.05) is 0 Å². The summed E-state index contributed by atoms with van der Waals surface area (Å²) in [6, 6.07) is 8.74. The molecule has 6 heteroatoms. The highest BCUT2D eigenvalue weighted by Gasteiger charge is 2.23. The molecule has 1 aromatic carbocycles. The molecule has 0 aliphatic carbocycles. The summed E-state index contributed by atoms with van der Waals surface area (Å²) in [7, 11) is 0. The first-order chi connectivity index (χ1) is 9.66. The summed E-state index contributed by atoms with van der Waals surface area (Å²) < 4.78 is 0. The second-order valence-electron chi connectivity index (χ2n) is 4.31. The van der Waals surface area contributed by atoms with Crippen LogP contribution in [0, 0.1) is 0 Å². The minimum Gasteiger partial charge on any atom is -0.350 e. The van der Waals surface area contributed by atoms with E-state index in [9.17, 15) is 9.59 Å². The van der Waals surface area contributed by atoms with E-state index in [1.54, 1.807) is 6.20 Å². The SMILES string of the molecule is CC(=O)N[C@@H](C(=O)NCc1ccccc1)c1ncc[nH]1. The van der Waals surface area contributed by atoms with Gasteiger partial charge >= 0.3 is 0 Å². The Balaban J connectivity index is 2.02. The number of carbonyl (C=O) groups excluding carboxylic acids is 2. The topological polar surface area (TPSA) is 86.9 Å². The highest BCUT2D eigenvalue weighted by Crippen LogP contribution is 2.08. The van der Waals surface area contributed by atoms with Gasteiger partial charge < -0.3 is 15.6 Å². The minimum absolute atomic E-state index is 0.290. The van der Waals surface area contributed by atoms with E-state index >= 15 is 0 Å². The zero-order chi connectivity index (χ0) is 14.4. The lowest BCUT2D eigenvalue weighted by atomic mass is 10.2. The van der Waals surface area contributed by atoms with E-state index in [1.165, 1.54) is 13.1 Å². The Morgan fingerprint density at radius 2 is 2.05 bits per heavy atom. The number of hydrogen-bond acceptors (Lipinski definition) is 3. The molecule has 1 heterocycles. The van der Waals surface area contributed by atoms with Gasteiger partial charge in [0.25, 0.3) is 5.91 Å². The molecule has 0 fully saturated rings. The molecule has 0 spiro atoms. The van der Waals surface area contributed by atoms with Gasteiger partial charge in [0, 0.05) is 25.9 Å². The maximum absolute atomic E-state index is 12.2.